The van der Waals surface area contributed by atoms with Crippen LogP contribution in [0, 0.1) is 5.92 Å². The molecule has 6 rings (SSSR count). The Hall–Kier alpha value is -3.65. The SMILES string of the molecule is O=C(O)/C=C/C(=O)O.O=C(O[C@H]1CN2CCC1CC2)N1CCc2ccccc2[C@@H]1c1ccccc1. The van der Waals surface area contributed by atoms with E-state index in [1.165, 1.54) is 11.1 Å². The van der Waals surface area contributed by atoms with Gasteiger partial charge in [-0.2, -0.15) is 0 Å². The molecule has 2 atom stereocenters. The molecule has 8 nitrogen and oxygen atoms in total. The molecular formula is C27H30N2O6. The van der Waals surface area contributed by atoms with Gasteiger partial charge in [-0.15, -0.1) is 0 Å². The van der Waals surface area contributed by atoms with Crippen LogP contribution in [0.2, 0.25) is 0 Å². The Balaban J connectivity index is 0.000000314. The number of benzene rings is 2. The van der Waals surface area contributed by atoms with Crippen LogP contribution in [0.3, 0.4) is 0 Å². The van der Waals surface area contributed by atoms with E-state index in [-0.39, 0.29) is 18.2 Å². The Morgan fingerprint density at radius 1 is 0.857 bits per heavy atom. The van der Waals surface area contributed by atoms with Gasteiger partial charge in [0.05, 0.1) is 6.04 Å². The number of ether oxygens (including phenoxy) is 1. The Kier molecular flexibility index (Phi) is 7.82. The number of nitrogens with zero attached hydrogens (tertiary/aromatic N) is 2. The molecule has 0 spiro atoms. The van der Waals surface area contributed by atoms with Gasteiger partial charge in [0.1, 0.15) is 6.10 Å². The van der Waals surface area contributed by atoms with Crippen LogP contribution < -0.4 is 0 Å². The fourth-order valence-electron chi connectivity index (χ4n) is 5.14. The van der Waals surface area contributed by atoms with E-state index >= 15 is 0 Å². The molecule has 8 heteroatoms. The second-order valence-corrected chi connectivity index (χ2v) is 9.03. The van der Waals surface area contributed by atoms with Gasteiger partial charge in [-0.1, -0.05) is 54.6 Å². The van der Waals surface area contributed by atoms with Crippen LogP contribution in [0.4, 0.5) is 4.79 Å². The monoisotopic (exact) mass is 478 g/mol. The van der Waals surface area contributed by atoms with Gasteiger partial charge in [0.25, 0.3) is 0 Å². The highest BCUT2D eigenvalue weighted by Gasteiger charge is 2.39. The minimum atomic E-state index is -1.26. The molecule has 0 radical (unpaired) electrons. The number of carbonyl (C=O) groups excluding carboxylic acids is 1. The van der Waals surface area contributed by atoms with Crippen LogP contribution in [0.15, 0.2) is 66.7 Å². The molecule has 3 saturated heterocycles. The lowest BCUT2D eigenvalue weighted by Gasteiger charge is -2.45. The van der Waals surface area contributed by atoms with Crippen molar-refractivity contribution in [1.82, 2.24) is 9.80 Å². The predicted octanol–water partition coefficient (Wildman–Crippen LogP) is 3.58. The summed E-state index contributed by atoms with van der Waals surface area (Å²) in [5.41, 5.74) is 3.70. The van der Waals surface area contributed by atoms with Crippen molar-refractivity contribution in [3.05, 3.63) is 83.4 Å². The minimum Gasteiger partial charge on any atom is -0.478 e. The first-order chi connectivity index (χ1) is 16.9. The molecule has 0 aliphatic carbocycles. The smallest absolute Gasteiger partial charge is 0.410 e. The molecule has 2 aromatic carbocycles. The molecule has 2 aromatic rings. The maximum absolute atomic E-state index is 13.2. The Bertz CT molecular complexity index is 1060. The van der Waals surface area contributed by atoms with E-state index in [4.69, 9.17) is 14.9 Å². The van der Waals surface area contributed by atoms with Gasteiger partial charge in [-0.25, -0.2) is 14.4 Å². The summed E-state index contributed by atoms with van der Waals surface area (Å²) in [6.07, 6.45) is 4.20. The Morgan fingerprint density at radius 3 is 2.09 bits per heavy atom. The maximum atomic E-state index is 13.2. The van der Waals surface area contributed by atoms with E-state index in [1.807, 2.05) is 23.1 Å². The van der Waals surface area contributed by atoms with Gasteiger partial charge in [0, 0.05) is 25.2 Å². The second-order valence-electron chi connectivity index (χ2n) is 9.03. The number of carbonyl (C=O) groups is 3. The molecular weight excluding hydrogens is 448 g/mol. The zero-order valence-electron chi connectivity index (χ0n) is 19.5. The van der Waals surface area contributed by atoms with E-state index in [9.17, 15) is 14.4 Å². The standard InChI is InChI=1S/C23H26N2O2.C4H4O4/c26-23(27-21-16-24-13-10-18(21)11-14-24)25-15-12-17-6-4-5-9-20(17)22(25)19-7-2-1-3-8-19;5-3(6)1-2-4(7)8/h1-9,18,21-22H,10-16H2;1-2H,(H,5,6)(H,7,8)/b;2-1+/t21-,22-;/m0./s1. The van der Waals surface area contributed by atoms with Gasteiger partial charge in [-0.3, -0.25) is 9.80 Å². The normalized spacial score (nSPS) is 24.7. The van der Waals surface area contributed by atoms with Crippen molar-refractivity contribution in [2.24, 2.45) is 5.92 Å². The van der Waals surface area contributed by atoms with Crippen LogP contribution in [-0.4, -0.2) is 70.3 Å². The van der Waals surface area contributed by atoms with Crippen LogP contribution in [0.1, 0.15) is 35.6 Å². The minimum absolute atomic E-state index is 0.0496. The summed E-state index contributed by atoms with van der Waals surface area (Å²) >= 11 is 0. The number of carboxylic acid groups (broad SMARTS) is 2. The molecule has 0 aromatic heterocycles. The average molecular weight is 479 g/mol. The van der Waals surface area contributed by atoms with E-state index in [0.29, 0.717) is 24.6 Å². The van der Waals surface area contributed by atoms with Gasteiger partial charge >= 0.3 is 18.0 Å². The molecule has 184 valence electrons. The summed E-state index contributed by atoms with van der Waals surface area (Å²) in [6.45, 7) is 3.91. The third-order valence-electron chi connectivity index (χ3n) is 6.85. The van der Waals surface area contributed by atoms with Crippen LogP contribution in [0.25, 0.3) is 0 Å². The van der Waals surface area contributed by atoms with Crippen LogP contribution >= 0.6 is 0 Å². The third-order valence-corrected chi connectivity index (χ3v) is 6.85. The van der Waals surface area contributed by atoms with Crippen molar-refractivity contribution in [1.29, 1.82) is 0 Å². The molecule has 2 bridgehead atoms. The highest BCUT2D eigenvalue weighted by atomic mass is 16.6. The Labute approximate surface area is 204 Å². The first kappa shape index (κ1) is 24.5. The number of amides is 1. The molecule has 0 saturated carbocycles. The zero-order valence-corrected chi connectivity index (χ0v) is 19.5. The fourth-order valence-corrected chi connectivity index (χ4v) is 5.14. The van der Waals surface area contributed by atoms with Crippen LogP contribution in [0.5, 0.6) is 0 Å². The number of rotatable bonds is 4. The lowest BCUT2D eigenvalue weighted by molar-refractivity contribution is -0.134. The van der Waals surface area contributed by atoms with Crippen molar-refractivity contribution in [3.63, 3.8) is 0 Å². The number of aliphatic carboxylic acids is 2. The zero-order chi connectivity index (χ0) is 24.8. The quantitative estimate of drug-likeness (QED) is 0.647. The number of piperidine rings is 3. The summed E-state index contributed by atoms with van der Waals surface area (Å²) in [5, 5.41) is 15.6. The van der Waals surface area contributed by atoms with Gasteiger partial charge in [0.15, 0.2) is 0 Å². The highest BCUT2D eigenvalue weighted by Crippen LogP contribution is 2.36. The summed E-state index contributed by atoms with van der Waals surface area (Å²) in [6, 6.07) is 18.8. The number of hydrogen-bond donors (Lipinski definition) is 2. The molecule has 4 aliphatic rings. The predicted molar refractivity (Wildman–Crippen MR) is 129 cm³/mol. The second kappa shape index (κ2) is 11.2. The molecule has 0 unspecified atom stereocenters. The summed E-state index contributed by atoms with van der Waals surface area (Å²) in [4.78, 5) is 36.7. The molecule has 4 heterocycles. The van der Waals surface area contributed by atoms with E-state index in [2.05, 4.69) is 41.3 Å². The highest BCUT2D eigenvalue weighted by molar-refractivity contribution is 5.89. The first-order valence-corrected chi connectivity index (χ1v) is 11.9. The van der Waals surface area contributed by atoms with Gasteiger partial charge in [0.2, 0.25) is 0 Å². The molecule has 3 fully saturated rings. The van der Waals surface area contributed by atoms with Crippen molar-refractivity contribution < 1.29 is 29.3 Å². The lowest BCUT2D eigenvalue weighted by Crippen LogP contribution is -2.53. The number of fused-ring (bicyclic) bond motifs is 4. The third kappa shape index (κ3) is 6.08. The maximum Gasteiger partial charge on any atom is 0.410 e. The van der Waals surface area contributed by atoms with E-state index in [0.717, 1.165) is 44.5 Å². The largest absolute Gasteiger partial charge is 0.478 e. The number of carboxylic acids is 2. The Morgan fingerprint density at radius 2 is 1.49 bits per heavy atom. The molecule has 4 aliphatic heterocycles. The van der Waals surface area contributed by atoms with Crippen molar-refractivity contribution >= 4 is 18.0 Å². The first-order valence-electron chi connectivity index (χ1n) is 11.9. The van der Waals surface area contributed by atoms with Gasteiger partial charge in [-0.05, 0) is 55.0 Å². The average Bonchev–Trinajstić information content (AvgIpc) is 2.88. The summed E-state index contributed by atoms with van der Waals surface area (Å²) in [7, 11) is 0. The molecule has 35 heavy (non-hydrogen) atoms. The van der Waals surface area contributed by atoms with Crippen LogP contribution in [-0.2, 0) is 20.7 Å². The lowest BCUT2D eigenvalue weighted by atomic mass is 9.86. The van der Waals surface area contributed by atoms with Crippen molar-refractivity contribution in [2.75, 3.05) is 26.2 Å². The van der Waals surface area contributed by atoms with Crippen molar-refractivity contribution in [3.8, 4) is 0 Å². The van der Waals surface area contributed by atoms with E-state index in [1.54, 1.807) is 0 Å². The van der Waals surface area contributed by atoms with Crippen molar-refractivity contribution in [2.45, 2.75) is 31.4 Å². The summed E-state index contributed by atoms with van der Waals surface area (Å²) < 4.78 is 6.08. The fraction of sp³-hybridized carbons (Fsp3) is 0.370. The van der Waals surface area contributed by atoms with E-state index < -0.39 is 11.9 Å². The van der Waals surface area contributed by atoms with Gasteiger partial charge < -0.3 is 14.9 Å². The molecule has 2 N–H and O–H groups in total. The summed E-state index contributed by atoms with van der Waals surface area (Å²) in [5.74, 6) is -1.98. The topological polar surface area (TPSA) is 107 Å². The molecule has 1 amide bonds. The number of hydrogen-bond acceptors (Lipinski definition) is 5.